The molecule has 0 N–H and O–H groups in total. The van der Waals surface area contributed by atoms with Crippen LogP contribution in [0.4, 0.5) is 0 Å². The Morgan fingerprint density at radius 1 is 1.08 bits per heavy atom. The van der Waals surface area contributed by atoms with Crippen molar-refractivity contribution in [2.45, 2.75) is 26.1 Å². The largest absolute Gasteiger partial charge is 0.350 e. The lowest BCUT2D eigenvalue weighted by Crippen LogP contribution is -2.38. The third kappa shape index (κ3) is 1.04. The molecule has 2 nitrogen and oxygen atoms in total. The highest BCUT2D eigenvalue weighted by Gasteiger charge is 2.24. The van der Waals surface area contributed by atoms with Crippen LogP contribution in [0.5, 0.6) is 0 Å². The van der Waals surface area contributed by atoms with E-state index in [0.717, 1.165) is 0 Å². The van der Waals surface area contributed by atoms with E-state index < -0.39 is 0 Å². The molecule has 0 radical (unpaired) electrons. The van der Waals surface area contributed by atoms with Crippen LogP contribution in [0.1, 0.15) is 13.8 Å². The van der Waals surface area contributed by atoms with E-state index in [9.17, 15) is 0 Å². The number of nitrogens with zero attached hydrogens (tertiary/aromatic N) is 2. The summed E-state index contributed by atoms with van der Waals surface area (Å²) in [5.41, 5.74) is 0. The lowest BCUT2D eigenvalue weighted by Gasteiger charge is -2.32. The quantitative estimate of drug-likeness (QED) is 0.581. The Bertz CT molecular complexity index is 251. The normalized spacial score (nSPS) is 25.8. The van der Waals surface area contributed by atoms with Gasteiger partial charge in [0, 0.05) is 24.6 Å². The third-order valence-electron chi connectivity index (χ3n) is 2.27. The molecule has 0 amide bonds. The van der Waals surface area contributed by atoms with Gasteiger partial charge in [-0.25, -0.2) is 0 Å². The van der Waals surface area contributed by atoms with E-state index in [2.05, 4.69) is 60.5 Å². The number of hydrogen-bond donors (Lipinski definition) is 0. The maximum atomic E-state index is 2.33. The maximum absolute atomic E-state index is 2.33. The Balaban J connectivity index is 2.18. The van der Waals surface area contributed by atoms with Crippen LogP contribution in [0.25, 0.3) is 0 Å². The van der Waals surface area contributed by atoms with Crippen molar-refractivity contribution in [2.24, 2.45) is 0 Å². The predicted molar refractivity (Wildman–Crippen MR) is 50.0 cm³/mol. The molecule has 0 aromatic heterocycles. The standard InChI is InChI=1S/C10H14N2/c1-9(2)12-8-7-11-6-4-3-5-10(11)12/h3-10H,1-2H3. The summed E-state index contributed by atoms with van der Waals surface area (Å²) >= 11 is 0. The Morgan fingerprint density at radius 2 is 1.92 bits per heavy atom. The number of allylic oxidation sites excluding steroid dienone is 2. The fraction of sp³-hybridized carbons (Fsp3) is 0.400. The van der Waals surface area contributed by atoms with E-state index >= 15 is 0 Å². The summed E-state index contributed by atoms with van der Waals surface area (Å²) in [6.45, 7) is 4.42. The number of hydrogen-bond acceptors (Lipinski definition) is 2. The van der Waals surface area contributed by atoms with Crippen LogP contribution in [0.3, 0.4) is 0 Å². The molecule has 0 aliphatic carbocycles. The van der Waals surface area contributed by atoms with E-state index in [1.807, 2.05) is 0 Å². The smallest absolute Gasteiger partial charge is 0.124 e. The van der Waals surface area contributed by atoms with Gasteiger partial charge in [-0.1, -0.05) is 6.08 Å². The van der Waals surface area contributed by atoms with Gasteiger partial charge >= 0.3 is 0 Å². The topological polar surface area (TPSA) is 6.48 Å². The highest BCUT2D eigenvalue weighted by atomic mass is 15.4. The highest BCUT2D eigenvalue weighted by molar-refractivity contribution is 5.19. The molecule has 0 aromatic rings. The number of fused-ring (bicyclic) bond motifs is 1. The van der Waals surface area contributed by atoms with Crippen LogP contribution < -0.4 is 0 Å². The van der Waals surface area contributed by atoms with Gasteiger partial charge in [0.05, 0.1) is 0 Å². The molecule has 2 heteroatoms. The van der Waals surface area contributed by atoms with Gasteiger partial charge in [0.1, 0.15) is 6.17 Å². The van der Waals surface area contributed by atoms with E-state index in [0.29, 0.717) is 12.2 Å². The first kappa shape index (κ1) is 7.47. The van der Waals surface area contributed by atoms with Gasteiger partial charge in [-0.05, 0) is 26.0 Å². The molecule has 2 aliphatic rings. The zero-order valence-corrected chi connectivity index (χ0v) is 7.51. The van der Waals surface area contributed by atoms with Crippen molar-refractivity contribution in [3.05, 3.63) is 36.8 Å². The second-order valence-corrected chi connectivity index (χ2v) is 3.43. The van der Waals surface area contributed by atoms with Gasteiger partial charge < -0.3 is 9.80 Å². The van der Waals surface area contributed by atoms with Gasteiger partial charge in [0.2, 0.25) is 0 Å². The summed E-state index contributed by atoms with van der Waals surface area (Å²) in [4.78, 5) is 4.54. The minimum atomic E-state index is 0.412. The Morgan fingerprint density at radius 3 is 2.67 bits per heavy atom. The zero-order chi connectivity index (χ0) is 8.55. The van der Waals surface area contributed by atoms with Crippen LogP contribution in [0.15, 0.2) is 36.8 Å². The van der Waals surface area contributed by atoms with E-state index in [1.54, 1.807) is 0 Å². The first-order valence-corrected chi connectivity index (χ1v) is 4.37. The average Bonchev–Trinajstić information content (AvgIpc) is 2.47. The van der Waals surface area contributed by atoms with Crippen LogP contribution in [0.2, 0.25) is 0 Å². The van der Waals surface area contributed by atoms with Crippen LogP contribution in [0, 0.1) is 0 Å². The van der Waals surface area contributed by atoms with Crippen molar-refractivity contribution in [3.63, 3.8) is 0 Å². The SMILES string of the molecule is CC(C)N1C=CN2C=CC=CC21. The van der Waals surface area contributed by atoms with Crippen molar-refractivity contribution in [1.29, 1.82) is 0 Å². The molecular formula is C10H14N2. The second kappa shape index (κ2) is 2.70. The van der Waals surface area contributed by atoms with Crippen molar-refractivity contribution >= 4 is 0 Å². The van der Waals surface area contributed by atoms with Crippen LogP contribution in [-0.4, -0.2) is 22.0 Å². The summed E-state index contributed by atoms with van der Waals surface area (Å²) < 4.78 is 0. The van der Waals surface area contributed by atoms with Crippen molar-refractivity contribution in [3.8, 4) is 0 Å². The molecule has 1 atom stereocenters. The van der Waals surface area contributed by atoms with E-state index in [1.165, 1.54) is 0 Å². The van der Waals surface area contributed by atoms with Gasteiger partial charge in [0.25, 0.3) is 0 Å². The molecule has 64 valence electrons. The molecule has 0 bridgehead atoms. The highest BCUT2D eigenvalue weighted by Crippen LogP contribution is 2.22. The van der Waals surface area contributed by atoms with E-state index in [-0.39, 0.29) is 0 Å². The van der Waals surface area contributed by atoms with Crippen LogP contribution >= 0.6 is 0 Å². The molecule has 0 saturated carbocycles. The molecule has 2 aliphatic heterocycles. The minimum Gasteiger partial charge on any atom is -0.350 e. The Labute approximate surface area is 73.5 Å². The van der Waals surface area contributed by atoms with E-state index in [4.69, 9.17) is 0 Å². The monoisotopic (exact) mass is 162 g/mol. The summed E-state index contributed by atoms with van der Waals surface area (Å²) in [5.74, 6) is 0. The molecule has 2 heterocycles. The average molecular weight is 162 g/mol. The fourth-order valence-electron chi connectivity index (χ4n) is 1.61. The van der Waals surface area contributed by atoms with Gasteiger partial charge in [-0.3, -0.25) is 0 Å². The van der Waals surface area contributed by atoms with Crippen molar-refractivity contribution in [2.75, 3.05) is 0 Å². The molecule has 0 fully saturated rings. The van der Waals surface area contributed by atoms with Crippen LogP contribution in [-0.2, 0) is 0 Å². The van der Waals surface area contributed by atoms with Crippen molar-refractivity contribution in [1.82, 2.24) is 9.80 Å². The first-order chi connectivity index (χ1) is 5.79. The molecule has 0 aromatic carbocycles. The van der Waals surface area contributed by atoms with Gasteiger partial charge in [-0.2, -0.15) is 0 Å². The lowest BCUT2D eigenvalue weighted by atomic mass is 10.2. The minimum absolute atomic E-state index is 0.412. The number of rotatable bonds is 1. The molecule has 1 unspecified atom stereocenters. The second-order valence-electron chi connectivity index (χ2n) is 3.43. The van der Waals surface area contributed by atoms with Gasteiger partial charge in [0.15, 0.2) is 0 Å². The third-order valence-corrected chi connectivity index (χ3v) is 2.27. The predicted octanol–water partition coefficient (Wildman–Crippen LogP) is 1.89. The fourth-order valence-corrected chi connectivity index (χ4v) is 1.61. The summed E-state index contributed by atoms with van der Waals surface area (Å²) in [6.07, 6.45) is 13.1. The summed E-state index contributed by atoms with van der Waals surface area (Å²) in [7, 11) is 0. The lowest BCUT2D eigenvalue weighted by molar-refractivity contribution is 0.200. The molecule has 12 heavy (non-hydrogen) atoms. The van der Waals surface area contributed by atoms with Gasteiger partial charge in [-0.15, -0.1) is 0 Å². The summed E-state index contributed by atoms with van der Waals surface area (Å²) in [6, 6.07) is 0.562. The molecule has 0 saturated heterocycles. The Kier molecular flexibility index (Phi) is 1.68. The summed E-state index contributed by atoms with van der Waals surface area (Å²) in [5, 5.41) is 0. The maximum Gasteiger partial charge on any atom is 0.124 e. The molecule has 0 spiro atoms. The van der Waals surface area contributed by atoms with Crippen molar-refractivity contribution < 1.29 is 0 Å². The molecule has 2 rings (SSSR count). The Hall–Kier alpha value is -1.18. The zero-order valence-electron chi connectivity index (χ0n) is 7.51. The molecular weight excluding hydrogens is 148 g/mol. The first-order valence-electron chi connectivity index (χ1n) is 4.37.